The van der Waals surface area contributed by atoms with Crippen LogP contribution in [-0.4, -0.2) is 27.4 Å². The van der Waals surface area contributed by atoms with Crippen molar-refractivity contribution in [3.8, 4) is 11.1 Å². The standard InChI is InChI=1S/C22H19ClF2N4O/c1-2-17(27-22(23)26)21-14-12-13(20-15(24)6-5-7-16(20)25)9-10-18(14)29(28-21)19-8-3-4-11-30-19/h2,5-7,9-10,12,19,26H,1,3-4,8,11H2. The number of benzene rings is 2. The van der Waals surface area contributed by atoms with Gasteiger partial charge in [-0.05, 0) is 66.8 Å². The number of nitrogens with one attached hydrogen (secondary N) is 1. The van der Waals surface area contributed by atoms with E-state index in [-0.39, 0.29) is 11.8 Å². The molecule has 0 saturated carbocycles. The molecule has 8 heteroatoms. The monoisotopic (exact) mass is 428 g/mol. The van der Waals surface area contributed by atoms with Gasteiger partial charge in [-0.25, -0.2) is 18.5 Å². The third-order valence-electron chi connectivity index (χ3n) is 5.04. The molecule has 0 spiro atoms. The Bertz CT molecular complexity index is 1150. The summed E-state index contributed by atoms with van der Waals surface area (Å²) in [4.78, 5) is 3.99. The van der Waals surface area contributed by atoms with Crippen LogP contribution in [0.25, 0.3) is 22.0 Å². The van der Waals surface area contributed by atoms with Crippen molar-refractivity contribution in [2.75, 3.05) is 6.61 Å². The van der Waals surface area contributed by atoms with Gasteiger partial charge < -0.3 is 4.74 Å². The number of fused-ring (bicyclic) bond motifs is 1. The van der Waals surface area contributed by atoms with E-state index in [1.807, 2.05) is 0 Å². The van der Waals surface area contributed by atoms with Crippen molar-refractivity contribution < 1.29 is 13.5 Å². The van der Waals surface area contributed by atoms with Crippen LogP contribution in [0.2, 0.25) is 0 Å². The van der Waals surface area contributed by atoms with Gasteiger partial charge in [0.25, 0.3) is 0 Å². The van der Waals surface area contributed by atoms with Crippen molar-refractivity contribution >= 4 is 33.5 Å². The molecule has 1 atom stereocenters. The third-order valence-corrected chi connectivity index (χ3v) is 5.13. The maximum atomic E-state index is 14.4. The van der Waals surface area contributed by atoms with Gasteiger partial charge in [-0.2, -0.15) is 5.10 Å². The molecule has 0 aliphatic carbocycles. The fourth-order valence-corrected chi connectivity index (χ4v) is 3.79. The summed E-state index contributed by atoms with van der Waals surface area (Å²) in [5.74, 6) is -1.31. The summed E-state index contributed by atoms with van der Waals surface area (Å²) in [6, 6.07) is 8.84. The van der Waals surface area contributed by atoms with Crippen LogP contribution in [0.5, 0.6) is 0 Å². The Morgan fingerprint density at radius 3 is 2.67 bits per heavy atom. The lowest BCUT2D eigenvalue weighted by Gasteiger charge is -2.23. The minimum Gasteiger partial charge on any atom is -0.356 e. The maximum Gasteiger partial charge on any atom is 0.215 e. The highest BCUT2D eigenvalue weighted by Crippen LogP contribution is 2.33. The number of ether oxygens (including phenoxy) is 1. The number of rotatable bonds is 4. The fourth-order valence-electron chi connectivity index (χ4n) is 3.70. The van der Waals surface area contributed by atoms with Crippen molar-refractivity contribution in [3.05, 3.63) is 66.4 Å². The lowest BCUT2D eigenvalue weighted by atomic mass is 10.0. The molecule has 0 amide bonds. The second-order valence-electron chi connectivity index (χ2n) is 6.93. The van der Waals surface area contributed by atoms with Gasteiger partial charge in [-0.1, -0.05) is 18.7 Å². The number of hydrogen-bond acceptors (Lipinski definition) is 3. The quantitative estimate of drug-likeness (QED) is 0.323. The van der Waals surface area contributed by atoms with Crippen LogP contribution in [0, 0.1) is 17.0 Å². The van der Waals surface area contributed by atoms with E-state index in [4.69, 9.17) is 21.7 Å². The Morgan fingerprint density at radius 1 is 1.27 bits per heavy atom. The highest BCUT2D eigenvalue weighted by Gasteiger charge is 2.23. The van der Waals surface area contributed by atoms with Gasteiger partial charge in [-0.15, -0.1) is 0 Å². The number of hydrogen-bond donors (Lipinski definition) is 1. The van der Waals surface area contributed by atoms with E-state index in [2.05, 4.69) is 16.7 Å². The smallest absolute Gasteiger partial charge is 0.215 e. The van der Waals surface area contributed by atoms with E-state index in [1.54, 1.807) is 22.9 Å². The molecular formula is C22H19ClF2N4O. The molecule has 2 heterocycles. The molecule has 30 heavy (non-hydrogen) atoms. The molecule has 4 rings (SSSR count). The van der Waals surface area contributed by atoms with Crippen LogP contribution in [0.3, 0.4) is 0 Å². The van der Waals surface area contributed by atoms with E-state index in [0.717, 1.165) is 24.8 Å². The Morgan fingerprint density at radius 2 is 2.03 bits per heavy atom. The van der Waals surface area contributed by atoms with Crippen LogP contribution in [-0.2, 0) is 4.74 Å². The van der Waals surface area contributed by atoms with Crippen molar-refractivity contribution in [3.63, 3.8) is 0 Å². The van der Waals surface area contributed by atoms with Gasteiger partial charge >= 0.3 is 0 Å². The first-order chi connectivity index (χ1) is 14.5. The molecule has 1 saturated heterocycles. The molecule has 1 fully saturated rings. The molecule has 1 aromatic heterocycles. The van der Waals surface area contributed by atoms with E-state index < -0.39 is 16.9 Å². The van der Waals surface area contributed by atoms with Gasteiger partial charge in [0.15, 0.2) is 6.23 Å². The third kappa shape index (κ3) is 3.78. The summed E-state index contributed by atoms with van der Waals surface area (Å²) in [5.41, 5.74) is 1.69. The predicted octanol–water partition coefficient (Wildman–Crippen LogP) is 5.83. The van der Waals surface area contributed by atoms with E-state index >= 15 is 0 Å². The van der Waals surface area contributed by atoms with Crippen LogP contribution >= 0.6 is 11.6 Å². The molecule has 5 nitrogen and oxygen atoms in total. The molecule has 2 aromatic carbocycles. The van der Waals surface area contributed by atoms with Gasteiger partial charge in [0.2, 0.25) is 5.29 Å². The first kappa shape index (κ1) is 20.4. The predicted molar refractivity (Wildman–Crippen MR) is 114 cm³/mol. The normalized spacial score (nSPS) is 17.3. The van der Waals surface area contributed by atoms with Crippen molar-refractivity contribution in [1.82, 2.24) is 9.78 Å². The minimum atomic E-state index is -0.654. The van der Waals surface area contributed by atoms with Gasteiger partial charge in [0.05, 0.1) is 16.8 Å². The fraction of sp³-hybridized carbons (Fsp3) is 0.227. The number of aliphatic imine (C=N–C) groups is 1. The molecule has 3 aromatic rings. The molecular weight excluding hydrogens is 410 g/mol. The second-order valence-corrected chi connectivity index (χ2v) is 7.29. The molecule has 1 aliphatic rings. The number of amidine groups is 1. The van der Waals surface area contributed by atoms with Gasteiger partial charge in [0.1, 0.15) is 17.3 Å². The summed E-state index contributed by atoms with van der Waals surface area (Å²) in [6.07, 6.45) is 3.98. The number of allylic oxidation sites excluding steroid dienone is 1. The lowest BCUT2D eigenvalue weighted by Crippen LogP contribution is -2.19. The first-order valence-electron chi connectivity index (χ1n) is 9.53. The Balaban J connectivity index is 1.96. The Kier molecular flexibility index (Phi) is 5.74. The Hall–Kier alpha value is -2.90. The highest BCUT2D eigenvalue weighted by molar-refractivity contribution is 6.65. The lowest BCUT2D eigenvalue weighted by molar-refractivity contribution is -0.0367. The van der Waals surface area contributed by atoms with E-state index in [1.165, 1.54) is 24.3 Å². The zero-order valence-corrected chi connectivity index (χ0v) is 16.8. The molecule has 1 aliphatic heterocycles. The largest absolute Gasteiger partial charge is 0.356 e. The minimum absolute atomic E-state index is 0.116. The Labute approximate surface area is 177 Å². The average molecular weight is 429 g/mol. The highest BCUT2D eigenvalue weighted by atomic mass is 35.5. The van der Waals surface area contributed by atoms with Crippen LogP contribution in [0.15, 0.2) is 54.0 Å². The molecule has 154 valence electrons. The number of aromatic nitrogens is 2. The van der Waals surface area contributed by atoms with Crippen LogP contribution < -0.4 is 0 Å². The summed E-state index contributed by atoms with van der Waals surface area (Å²) >= 11 is 5.67. The maximum absolute atomic E-state index is 14.4. The number of nitrogens with zero attached hydrogens (tertiary/aromatic N) is 3. The van der Waals surface area contributed by atoms with Gasteiger partial charge in [-0.3, -0.25) is 5.41 Å². The first-order valence-corrected chi connectivity index (χ1v) is 9.91. The average Bonchev–Trinajstić information content (AvgIpc) is 3.11. The van der Waals surface area contributed by atoms with Crippen LogP contribution in [0.1, 0.15) is 31.2 Å². The topological polar surface area (TPSA) is 63.3 Å². The summed E-state index contributed by atoms with van der Waals surface area (Å²) in [7, 11) is 0. The van der Waals surface area contributed by atoms with Crippen molar-refractivity contribution in [2.24, 2.45) is 4.99 Å². The van der Waals surface area contributed by atoms with E-state index in [0.29, 0.717) is 29.0 Å². The zero-order chi connectivity index (χ0) is 21.3. The van der Waals surface area contributed by atoms with Gasteiger partial charge in [0, 0.05) is 12.0 Å². The van der Waals surface area contributed by atoms with E-state index in [9.17, 15) is 8.78 Å². The summed E-state index contributed by atoms with van der Waals surface area (Å²) < 4.78 is 36.4. The van der Waals surface area contributed by atoms with Crippen LogP contribution in [0.4, 0.5) is 8.78 Å². The number of halogens is 3. The van der Waals surface area contributed by atoms with Crippen molar-refractivity contribution in [1.29, 1.82) is 5.41 Å². The van der Waals surface area contributed by atoms with Crippen molar-refractivity contribution in [2.45, 2.75) is 25.5 Å². The summed E-state index contributed by atoms with van der Waals surface area (Å²) in [6.45, 7) is 4.37. The zero-order valence-electron chi connectivity index (χ0n) is 16.0. The SMILES string of the molecule is C=CC(=NC(=N)Cl)c1nn(C2CCCCO2)c2ccc(-c3c(F)cccc3F)cc12. The second kappa shape index (κ2) is 8.45. The molecule has 0 bridgehead atoms. The summed E-state index contributed by atoms with van der Waals surface area (Å²) in [5, 5.41) is 12.3. The molecule has 0 radical (unpaired) electrons. The molecule has 1 unspecified atom stereocenters. The molecule has 1 N–H and O–H groups in total.